The number of nitrogens with one attached hydrogen (secondary N) is 1. The van der Waals surface area contributed by atoms with Crippen molar-refractivity contribution >= 4 is 28.5 Å². The number of amides is 2. The molecule has 11 heteroatoms. The molecule has 1 aliphatic heterocycles. The van der Waals surface area contributed by atoms with Crippen LogP contribution in [0.4, 0.5) is 14.5 Å². The highest BCUT2D eigenvalue weighted by atomic mass is 19.1. The molecule has 2 atom stereocenters. The van der Waals surface area contributed by atoms with Gasteiger partial charge in [-0.2, -0.15) is 0 Å². The van der Waals surface area contributed by atoms with Gasteiger partial charge in [0.25, 0.3) is 5.91 Å². The molecule has 3 aromatic carbocycles. The number of hydrogen-bond donors (Lipinski definition) is 4. The van der Waals surface area contributed by atoms with Crippen molar-refractivity contribution in [3.8, 4) is 11.3 Å². The number of nitrogens with zero attached hydrogens (tertiary/aromatic N) is 2. The number of anilines is 1. The molecular formula is C31H34F2N6O3. The lowest BCUT2D eigenvalue weighted by Gasteiger charge is -2.36. The number of halogens is 2. The molecule has 42 heavy (non-hydrogen) atoms. The molecule has 5 rings (SSSR count). The lowest BCUT2D eigenvalue weighted by molar-refractivity contribution is -0.134. The fourth-order valence-electron chi connectivity index (χ4n) is 5.59. The quantitative estimate of drug-likeness (QED) is 0.245. The van der Waals surface area contributed by atoms with Crippen molar-refractivity contribution in [1.29, 1.82) is 0 Å². The molecule has 1 aromatic heterocycles. The van der Waals surface area contributed by atoms with Crippen LogP contribution in [0, 0.1) is 11.6 Å². The Labute approximate surface area is 242 Å². The summed E-state index contributed by atoms with van der Waals surface area (Å²) in [7, 11) is 3.27. The molecule has 7 N–H and O–H groups in total. The van der Waals surface area contributed by atoms with Crippen LogP contribution in [-0.4, -0.2) is 50.2 Å². The molecule has 220 valence electrons. The van der Waals surface area contributed by atoms with Crippen LogP contribution in [0.2, 0.25) is 0 Å². The van der Waals surface area contributed by atoms with E-state index >= 15 is 0 Å². The van der Waals surface area contributed by atoms with Gasteiger partial charge in [0.2, 0.25) is 5.91 Å². The number of furan rings is 1. The summed E-state index contributed by atoms with van der Waals surface area (Å²) in [4.78, 5) is 29.9. The maximum absolute atomic E-state index is 14.4. The Morgan fingerprint density at radius 3 is 2.45 bits per heavy atom. The van der Waals surface area contributed by atoms with Gasteiger partial charge in [0.15, 0.2) is 0 Å². The lowest BCUT2D eigenvalue weighted by Crippen LogP contribution is -2.47. The highest BCUT2D eigenvalue weighted by Gasteiger charge is 2.33. The van der Waals surface area contributed by atoms with Crippen LogP contribution in [0.25, 0.3) is 22.3 Å². The van der Waals surface area contributed by atoms with Crippen LogP contribution < -0.4 is 27.4 Å². The van der Waals surface area contributed by atoms with E-state index in [1.54, 1.807) is 47.2 Å². The van der Waals surface area contributed by atoms with E-state index in [0.717, 1.165) is 12.0 Å². The highest BCUT2D eigenvalue weighted by molar-refractivity contribution is 6.11. The first-order chi connectivity index (χ1) is 20.1. The number of benzene rings is 3. The first-order valence-corrected chi connectivity index (χ1v) is 13.7. The third-order valence-electron chi connectivity index (χ3n) is 7.90. The number of carbonyl (C=O) groups excluding carboxylic acids is 2. The summed E-state index contributed by atoms with van der Waals surface area (Å²) in [5.41, 5.74) is 21.3. The lowest BCUT2D eigenvalue weighted by atomic mass is 9.87. The van der Waals surface area contributed by atoms with Crippen molar-refractivity contribution in [3.63, 3.8) is 0 Å². The van der Waals surface area contributed by atoms with Crippen molar-refractivity contribution in [1.82, 2.24) is 10.2 Å². The van der Waals surface area contributed by atoms with E-state index in [2.05, 4.69) is 5.32 Å². The van der Waals surface area contributed by atoms with E-state index in [-0.39, 0.29) is 23.3 Å². The average Bonchev–Trinajstić information content (AvgIpc) is 3.38. The van der Waals surface area contributed by atoms with Gasteiger partial charge in [-0.3, -0.25) is 21.1 Å². The maximum Gasteiger partial charge on any atom is 0.255 e. The Kier molecular flexibility index (Phi) is 8.26. The minimum absolute atomic E-state index is 0.141. The Balaban J connectivity index is 1.59. The predicted octanol–water partition coefficient (Wildman–Crippen LogP) is 3.78. The van der Waals surface area contributed by atoms with Crippen LogP contribution in [0.5, 0.6) is 0 Å². The maximum atomic E-state index is 14.4. The second kappa shape index (κ2) is 11.9. The number of likely N-dealkylation sites (tertiary alicyclic amines) is 1. The molecule has 2 amide bonds. The number of piperidine rings is 1. The zero-order valence-corrected chi connectivity index (χ0v) is 23.4. The van der Waals surface area contributed by atoms with Crippen LogP contribution in [-0.2, 0) is 4.79 Å². The smallest absolute Gasteiger partial charge is 0.255 e. The van der Waals surface area contributed by atoms with Crippen molar-refractivity contribution in [2.75, 3.05) is 32.1 Å². The zero-order chi connectivity index (χ0) is 30.1. The molecule has 4 aromatic rings. The standard InChI is InChI=1S/C31H34F2N6O3/c1-37-29(40)26-22-14-21(18-6-5-13-39(16-18)30(41)27(34)20-7-3-4-8-23(20)33)24(38(2)31(35)36)15-25(22)42-28(26)17-9-11-19(32)12-10-17/h3-4,7-12,14-15,18,27,31H,5-6,13,16,34-36H2,1-2H3,(H,37,40). The fourth-order valence-corrected chi connectivity index (χ4v) is 5.59. The summed E-state index contributed by atoms with van der Waals surface area (Å²) >= 11 is 0. The second-order valence-corrected chi connectivity index (χ2v) is 10.5. The normalized spacial score (nSPS) is 16.1. The molecule has 0 spiro atoms. The molecule has 0 aliphatic carbocycles. The molecule has 0 bridgehead atoms. The van der Waals surface area contributed by atoms with E-state index in [9.17, 15) is 18.4 Å². The Morgan fingerprint density at radius 1 is 1.07 bits per heavy atom. The van der Waals surface area contributed by atoms with Crippen LogP contribution in [0.15, 0.2) is 65.1 Å². The number of hydrogen-bond acceptors (Lipinski definition) is 7. The van der Waals surface area contributed by atoms with Crippen LogP contribution in [0.1, 0.15) is 46.3 Å². The zero-order valence-electron chi connectivity index (χ0n) is 23.4. The average molecular weight is 577 g/mol. The third-order valence-corrected chi connectivity index (χ3v) is 7.90. The first kappa shape index (κ1) is 29.2. The van der Waals surface area contributed by atoms with Gasteiger partial charge >= 0.3 is 0 Å². The summed E-state index contributed by atoms with van der Waals surface area (Å²) in [6, 6.07) is 14.2. The summed E-state index contributed by atoms with van der Waals surface area (Å²) < 4.78 is 34.3. The van der Waals surface area contributed by atoms with Crippen LogP contribution >= 0.6 is 0 Å². The minimum atomic E-state index is -1.14. The predicted molar refractivity (Wildman–Crippen MR) is 157 cm³/mol. The molecule has 1 saturated heterocycles. The van der Waals surface area contributed by atoms with Crippen molar-refractivity contribution in [2.45, 2.75) is 31.1 Å². The van der Waals surface area contributed by atoms with E-state index in [0.29, 0.717) is 53.1 Å². The fraction of sp³-hybridized carbons (Fsp3) is 0.290. The molecule has 2 heterocycles. The van der Waals surface area contributed by atoms with Crippen LogP contribution in [0.3, 0.4) is 0 Å². The summed E-state index contributed by atoms with van der Waals surface area (Å²) in [6.45, 7) is 0.802. The number of nitrogens with two attached hydrogens (primary N) is 3. The van der Waals surface area contributed by atoms with E-state index in [4.69, 9.17) is 21.6 Å². The topological polar surface area (TPSA) is 144 Å². The largest absolute Gasteiger partial charge is 0.455 e. The number of rotatable bonds is 7. The SMILES string of the molecule is CNC(=O)c1c(-c2ccc(F)cc2)oc2cc(N(C)C(N)N)c(C3CCCN(C(=O)C(N)c4ccccc4F)C3)cc12. The molecule has 0 saturated carbocycles. The minimum Gasteiger partial charge on any atom is -0.455 e. The number of carbonyl (C=O) groups is 2. The number of fused-ring (bicyclic) bond motifs is 1. The second-order valence-electron chi connectivity index (χ2n) is 10.5. The monoisotopic (exact) mass is 576 g/mol. The molecule has 0 radical (unpaired) electrons. The van der Waals surface area contributed by atoms with Gasteiger partial charge < -0.3 is 25.3 Å². The van der Waals surface area contributed by atoms with Gasteiger partial charge in [0.05, 0.1) is 5.56 Å². The van der Waals surface area contributed by atoms with Gasteiger partial charge in [0, 0.05) is 61.4 Å². The van der Waals surface area contributed by atoms with E-state index in [1.165, 1.54) is 31.3 Å². The van der Waals surface area contributed by atoms with Gasteiger partial charge in [-0.1, -0.05) is 18.2 Å². The van der Waals surface area contributed by atoms with Crippen molar-refractivity contribution < 1.29 is 22.8 Å². The van der Waals surface area contributed by atoms with E-state index < -0.39 is 24.0 Å². The Morgan fingerprint density at radius 2 is 1.79 bits per heavy atom. The summed E-state index contributed by atoms with van der Waals surface area (Å²) in [5.74, 6) is -1.56. The van der Waals surface area contributed by atoms with Gasteiger partial charge in [0.1, 0.15) is 35.3 Å². The van der Waals surface area contributed by atoms with Crippen molar-refractivity contribution in [3.05, 3.63) is 89.0 Å². The van der Waals surface area contributed by atoms with Gasteiger partial charge in [-0.25, -0.2) is 8.78 Å². The summed E-state index contributed by atoms with van der Waals surface area (Å²) in [6.07, 6.45) is 0.579. The van der Waals surface area contributed by atoms with Gasteiger partial charge in [-0.05, 0) is 54.8 Å². The summed E-state index contributed by atoms with van der Waals surface area (Å²) in [5, 5.41) is 3.22. The molecular weight excluding hydrogens is 542 g/mol. The molecule has 1 aliphatic rings. The Hall–Kier alpha value is -4.32. The molecule has 1 fully saturated rings. The van der Waals surface area contributed by atoms with Gasteiger partial charge in [-0.15, -0.1) is 0 Å². The van der Waals surface area contributed by atoms with E-state index in [1.807, 2.05) is 6.07 Å². The molecule has 9 nitrogen and oxygen atoms in total. The highest BCUT2D eigenvalue weighted by Crippen LogP contribution is 2.41. The molecule has 2 unspecified atom stereocenters. The van der Waals surface area contributed by atoms with Crippen molar-refractivity contribution in [2.24, 2.45) is 17.2 Å². The third kappa shape index (κ3) is 5.46. The Bertz CT molecular complexity index is 1620. The first-order valence-electron chi connectivity index (χ1n) is 13.7.